The highest BCUT2D eigenvalue weighted by Gasteiger charge is 2.30. The predicted octanol–water partition coefficient (Wildman–Crippen LogP) is 1.39. The van der Waals surface area contributed by atoms with Gasteiger partial charge in [0.05, 0.1) is 11.7 Å². The van der Waals surface area contributed by atoms with Gasteiger partial charge < -0.3 is 9.64 Å². The van der Waals surface area contributed by atoms with Crippen LogP contribution in [0, 0.1) is 0 Å². The first-order valence-corrected chi connectivity index (χ1v) is 5.52. The van der Waals surface area contributed by atoms with Crippen LogP contribution in [0.25, 0.3) is 0 Å². The van der Waals surface area contributed by atoms with Gasteiger partial charge in [-0.3, -0.25) is 9.78 Å². The number of carbonyl (C=O) groups excluding carboxylic acids is 1. The number of hydrogen-bond acceptors (Lipinski definition) is 3. The average Bonchev–Trinajstić information content (AvgIpc) is 2.79. The molecule has 1 fully saturated rings. The SMILES string of the molecule is COCC(=O)N1CCC[C@H]1c1ccccn1. The summed E-state index contributed by atoms with van der Waals surface area (Å²) in [7, 11) is 1.55. The summed E-state index contributed by atoms with van der Waals surface area (Å²) in [5.74, 6) is 0.0515. The second kappa shape index (κ2) is 5.07. The lowest BCUT2D eigenvalue weighted by atomic mass is 10.1. The molecule has 86 valence electrons. The van der Waals surface area contributed by atoms with E-state index in [-0.39, 0.29) is 18.6 Å². The molecule has 1 aromatic heterocycles. The zero-order chi connectivity index (χ0) is 11.4. The van der Waals surface area contributed by atoms with Gasteiger partial charge in [-0.2, -0.15) is 0 Å². The fourth-order valence-corrected chi connectivity index (χ4v) is 2.15. The van der Waals surface area contributed by atoms with Crippen molar-refractivity contribution in [3.05, 3.63) is 30.1 Å². The van der Waals surface area contributed by atoms with Crippen molar-refractivity contribution < 1.29 is 9.53 Å². The van der Waals surface area contributed by atoms with Crippen molar-refractivity contribution in [1.82, 2.24) is 9.88 Å². The van der Waals surface area contributed by atoms with Crippen LogP contribution in [0.4, 0.5) is 0 Å². The summed E-state index contributed by atoms with van der Waals surface area (Å²) >= 11 is 0. The molecule has 1 aromatic rings. The molecule has 2 rings (SSSR count). The van der Waals surface area contributed by atoms with E-state index >= 15 is 0 Å². The Morgan fingerprint density at radius 1 is 1.62 bits per heavy atom. The largest absolute Gasteiger partial charge is 0.375 e. The number of amides is 1. The van der Waals surface area contributed by atoms with Crippen LogP contribution in [-0.2, 0) is 9.53 Å². The predicted molar refractivity (Wildman–Crippen MR) is 59.8 cm³/mol. The average molecular weight is 220 g/mol. The van der Waals surface area contributed by atoms with Gasteiger partial charge in [-0.15, -0.1) is 0 Å². The highest BCUT2D eigenvalue weighted by atomic mass is 16.5. The van der Waals surface area contributed by atoms with Gasteiger partial charge in [0.2, 0.25) is 5.91 Å². The monoisotopic (exact) mass is 220 g/mol. The molecule has 16 heavy (non-hydrogen) atoms. The fourth-order valence-electron chi connectivity index (χ4n) is 2.15. The third-order valence-electron chi connectivity index (χ3n) is 2.87. The number of nitrogens with zero attached hydrogens (tertiary/aromatic N) is 2. The van der Waals surface area contributed by atoms with Crippen molar-refractivity contribution in [2.45, 2.75) is 18.9 Å². The van der Waals surface area contributed by atoms with E-state index < -0.39 is 0 Å². The normalized spacial score (nSPS) is 20.1. The molecule has 0 spiro atoms. The molecule has 0 aliphatic carbocycles. The van der Waals surface area contributed by atoms with E-state index in [2.05, 4.69) is 4.98 Å². The van der Waals surface area contributed by atoms with Crippen LogP contribution >= 0.6 is 0 Å². The summed E-state index contributed by atoms with van der Waals surface area (Å²) in [6.45, 7) is 0.965. The quantitative estimate of drug-likeness (QED) is 0.773. The molecule has 4 nitrogen and oxygen atoms in total. The number of likely N-dealkylation sites (tertiary alicyclic amines) is 1. The van der Waals surface area contributed by atoms with Crippen LogP contribution in [-0.4, -0.2) is 36.1 Å². The van der Waals surface area contributed by atoms with E-state index in [1.165, 1.54) is 0 Å². The topological polar surface area (TPSA) is 42.4 Å². The molecule has 1 aliphatic heterocycles. The van der Waals surface area contributed by atoms with Crippen molar-refractivity contribution in [2.24, 2.45) is 0 Å². The molecule has 1 saturated heterocycles. The lowest BCUT2D eigenvalue weighted by Crippen LogP contribution is -2.33. The third kappa shape index (κ3) is 2.22. The Balaban J connectivity index is 2.12. The maximum absolute atomic E-state index is 11.8. The van der Waals surface area contributed by atoms with Gasteiger partial charge in [-0.1, -0.05) is 6.07 Å². The smallest absolute Gasteiger partial charge is 0.249 e. The number of carbonyl (C=O) groups is 1. The first kappa shape index (κ1) is 11.1. The van der Waals surface area contributed by atoms with E-state index in [1.807, 2.05) is 23.1 Å². The van der Waals surface area contributed by atoms with Crippen LogP contribution in [0.5, 0.6) is 0 Å². The molecule has 0 unspecified atom stereocenters. The Morgan fingerprint density at radius 3 is 3.19 bits per heavy atom. The van der Waals surface area contributed by atoms with Crippen molar-refractivity contribution in [3.63, 3.8) is 0 Å². The summed E-state index contributed by atoms with van der Waals surface area (Å²) in [6, 6.07) is 5.95. The maximum atomic E-state index is 11.8. The van der Waals surface area contributed by atoms with E-state index in [4.69, 9.17) is 4.74 Å². The van der Waals surface area contributed by atoms with Crippen LogP contribution in [0.1, 0.15) is 24.6 Å². The van der Waals surface area contributed by atoms with Gasteiger partial charge >= 0.3 is 0 Å². The minimum Gasteiger partial charge on any atom is -0.375 e. The van der Waals surface area contributed by atoms with Gasteiger partial charge in [0.1, 0.15) is 6.61 Å². The molecular formula is C12H16N2O2. The summed E-state index contributed by atoms with van der Waals surface area (Å²) in [6.07, 6.45) is 3.80. The zero-order valence-electron chi connectivity index (χ0n) is 9.43. The maximum Gasteiger partial charge on any atom is 0.249 e. The molecule has 0 radical (unpaired) electrons. The van der Waals surface area contributed by atoms with E-state index in [0.29, 0.717) is 0 Å². The van der Waals surface area contributed by atoms with E-state index in [9.17, 15) is 4.79 Å². The van der Waals surface area contributed by atoms with Crippen LogP contribution < -0.4 is 0 Å². The molecule has 4 heteroatoms. The molecule has 0 saturated carbocycles. The van der Waals surface area contributed by atoms with Gasteiger partial charge in [0.25, 0.3) is 0 Å². The van der Waals surface area contributed by atoms with Gasteiger partial charge in [0.15, 0.2) is 0 Å². The number of hydrogen-bond donors (Lipinski definition) is 0. The van der Waals surface area contributed by atoms with Crippen LogP contribution in [0.15, 0.2) is 24.4 Å². The lowest BCUT2D eigenvalue weighted by Gasteiger charge is -2.23. The molecule has 1 amide bonds. The number of methoxy groups -OCH3 is 1. The molecule has 0 bridgehead atoms. The second-order valence-electron chi connectivity index (χ2n) is 3.93. The lowest BCUT2D eigenvalue weighted by molar-refractivity contribution is -0.136. The third-order valence-corrected chi connectivity index (χ3v) is 2.87. The number of pyridine rings is 1. The fraction of sp³-hybridized carbons (Fsp3) is 0.500. The van der Waals surface area contributed by atoms with Crippen molar-refractivity contribution >= 4 is 5.91 Å². The summed E-state index contributed by atoms with van der Waals surface area (Å²) < 4.78 is 4.89. The van der Waals surface area contributed by atoms with E-state index in [1.54, 1.807) is 13.3 Å². The number of ether oxygens (including phenoxy) is 1. The Morgan fingerprint density at radius 2 is 2.50 bits per heavy atom. The first-order valence-electron chi connectivity index (χ1n) is 5.52. The Labute approximate surface area is 95.2 Å². The molecule has 2 heterocycles. The highest BCUT2D eigenvalue weighted by molar-refractivity contribution is 5.78. The molecule has 0 aromatic carbocycles. The van der Waals surface area contributed by atoms with Gasteiger partial charge in [-0.05, 0) is 25.0 Å². The minimum atomic E-state index is 0.0515. The molecule has 0 N–H and O–H groups in total. The van der Waals surface area contributed by atoms with Gasteiger partial charge in [-0.25, -0.2) is 0 Å². The van der Waals surface area contributed by atoms with Crippen molar-refractivity contribution in [2.75, 3.05) is 20.3 Å². The number of rotatable bonds is 3. The van der Waals surface area contributed by atoms with Crippen molar-refractivity contribution in [1.29, 1.82) is 0 Å². The second-order valence-corrected chi connectivity index (χ2v) is 3.93. The summed E-state index contributed by atoms with van der Waals surface area (Å²) in [5.41, 5.74) is 0.976. The Hall–Kier alpha value is -1.42. The van der Waals surface area contributed by atoms with Crippen molar-refractivity contribution in [3.8, 4) is 0 Å². The standard InChI is InChI=1S/C12H16N2O2/c1-16-9-12(15)14-8-4-6-11(14)10-5-2-3-7-13-10/h2-3,5,7,11H,4,6,8-9H2,1H3/t11-/m0/s1. The number of aromatic nitrogens is 1. The van der Waals surface area contributed by atoms with Crippen LogP contribution in [0.3, 0.4) is 0 Å². The Bertz CT molecular complexity index is 353. The first-order chi connectivity index (χ1) is 7.83. The van der Waals surface area contributed by atoms with Gasteiger partial charge in [0, 0.05) is 19.9 Å². The highest BCUT2D eigenvalue weighted by Crippen LogP contribution is 2.30. The molecular weight excluding hydrogens is 204 g/mol. The zero-order valence-corrected chi connectivity index (χ0v) is 9.43. The Kier molecular flexibility index (Phi) is 3.51. The minimum absolute atomic E-state index is 0.0515. The van der Waals surface area contributed by atoms with E-state index in [0.717, 1.165) is 25.1 Å². The molecule has 1 atom stereocenters. The summed E-state index contributed by atoms with van der Waals surface area (Å²) in [5, 5.41) is 0. The summed E-state index contributed by atoms with van der Waals surface area (Å²) in [4.78, 5) is 18.0. The molecule has 1 aliphatic rings. The van der Waals surface area contributed by atoms with Crippen LogP contribution in [0.2, 0.25) is 0 Å².